The van der Waals surface area contributed by atoms with Crippen LogP contribution in [0.4, 0.5) is 4.39 Å². The summed E-state index contributed by atoms with van der Waals surface area (Å²) < 4.78 is 18.8. The SMILES string of the molecule is CCOC(=O)c1cc(Br)c(Cl)c(C)c1F. The summed E-state index contributed by atoms with van der Waals surface area (Å²) in [6.07, 6.45) is 0. The molecule has 0 spiro atoms. The maximum absolute atomic E-state index is 13.6. The standard InChI is InChI=1S/C10H9BrClFO2/c1-3-15-10(14)6-4-7(11)8(12)5(2)9(6)13/h4H,3H2,1-2H3. The summed E-state index contributed by atoms with van der Waals surface area (Å²) in [6, 6.07) is 1.32. The summed E-state index contributed by atoms with van der Waals surface area (Å²) >= 11 is 8.94. The van der Waals surface area contributed by atoms with Crippen LogP contribution in [0.15, 0.2) is 10.5 Å². The van der Waals surface area contributed by atoms with Crippen LogP contribution in [0.25, 0.3) is 0 Å². The highest BCUT2D eigenvalue weighted by molar-refractivity contribution is 9.10. The van der Waals surface area contributed by atoms with E-state index in [1.807, 2.05) is 0 Å². The summed E-state index contributed by atoms with van der Waals surface area (Å²) in [5, 5.41) is 0.264. The van der Waals surface area contributed by atoms with Crippen molar-refractivity contribution in [2.45, 2.75) is 13.8 Å². The van der Waals surface area contributed by atoms with E-state index in [1.54, 1.807) is 6.92 Å². The third-order valence-electron chi connectivity index (χ3n) is 1.87. The molecule has 15 heavy (non-hydrogen) atoms. The fraction of sp³-hybridized carbons (Fsp3) is 0.300. The number of benzene rings is 1. The molecule has 0 N–H and O–H groups in total. The first-order valence-corrected chi connectivity index (χ1v) is 5.47. The van der Waals surface area contributed by atoms with E-state index in [0.29, 0.717) is 4.47 Å². The maximum atomic E-state index is 13.6. The molecule has 0 saturated carbocycles. The first kappa shape index (κ1) is 12.5. The lowest BCUT2D eigenvalue weighted by Gasteiger charge is -2.08. The van der Waals surface area contributed by atoms with Gasteiger partial charge in [-0.25, -0.2) is 9.18 Å². The molecule has 82 valence electrons. The Morgan fingerprint density at radius 1 is 1.67 bits per heavy atom. The summed E-state index contributed by atoms with van der Waals surface area (Å²) in [7, 11) is 0. The van der Waals surface area contributed by atoms with Crippen LogP contribution in [-0.4, -0.2) is 12.6 Å². The molecule has 1 aromatic rings. The van der Waals surface area contributed by atoms with Gasteiger partial charge in [-0.2, -0.15) is 0 Å². The molecule has 5 heteroatoms. The van der Waals surface area contributed by atoms with Gasteiger partial charge in [0, 0.05) is 10.0 Å². The van der Waals surface area contributed by atoms with Crippen LogP contribution < -0.4 is 0 Å². The Kier molecular flexibility index (Phi) is 4.11. The predicted octanol–water partition coefficient (Wildman–Crippen LogP) is 3.73. The highest BCUT2D eigenvalue weighted by atomic mass is 79.9. The van der Waals surface area contributed by atoms with E-state index in [2.05, 4.69) is 15.9 Å². The Labute approximate surface area is 101 Å². The lowest BCUT2D eigenvalue weighted by molar-refractivity contribution is 0.0520. The third-order valence-corrected chi connectivity index (χ3v) is 3.21. The van der Waals surface area contributed by atoms with Gasteiger partial charge in [-0.15, -0.1) is 0 Å². The first-order chi connectivity index (χ1) is 6.99. The molecule has 0 bridgehead atoms. The lowest BCUT2D eigenvalue weighted by Crippen LogP contribution is -2.08. The normalized spacial score (nSPS) is 10.2. The van der Waals surface area contributed by atoms with E-state index in [4.69, 9.17) is 16.3 Å². The van der Waals surface area contributed by atoms with Gasteiger partial charge in [0.1, 0.15) is 5.82 Å². The molecule has 0 fully saturated rings. The fourth-order valence-electron chi connectivity index (χ4n) is 1.09. The molecule has 0 aliphatic heterocycles. The van der Waals surface area contributed by atoms with Crippen LogP contribution in [0.2, 0.25) is 5.02 Å². The number of esters is 1. The molecule has 2 nitrogen and oxygen atoms in total. The molecule has 1 aromatic carbocycles. The van der Waals surface area contributed by atoms with Gasteiger partial charge in [0.25, 0.3) is 0 Å². The largest absolute Gasteiger partial charge is 0.462 e. The fourth-order valence-corrected chi connectivity index (χ4v) is 1.75. The molecule has 0 aliphatic rings. The van der Waals surface area contributed by atoms with Crippen LogP contribution in [0, 0.1) is 12.7 Å². The van der Waals surface area contributed by atoms with Crippen LogP contribution >= 0.6 is 27.5 Å². The second kappa shape index (κ2) is 4.94. The zero-order valence-corrected chi connectivity index (χ0v) is 10.6. The van der Waals surface area contributed by atoms with Crippen LogP contribution in [0.3, 0.4) is 0 Å². The van der Waals surface area contributed by atoms with Crippen LogP contribution in [0.1, 0.15) is 22.8 Å². The Morgan fingerprint density at radius 3 is 2.80 bits per heavy atom. The van der Waals surface area contributed by atoms with Gasteiger partial charge in [-0.1, -0.05) is 11.6 Å². The molecule has 0 unspecified atom stereocenters. The molecule has 0 heterocycles. The third kappa shape index (κ3) is 2.49. The number of carbonyl (C=O) groups excluding carboxylic acids is 1. The van der Waals surface area contributed by atoms with Crippen molar-refractivity contribution in [3.63, 3.8) is 0 Å². The Balaban J connectivity index is 3.26. The minimum atomic E-state index is -0.685. The molecule has 1 rings (SSSR count). The maximum Gasteiger partial charge on any atom is 0.341 e. The number of ether oxygens (including phenoxy) is 1. The van der Waals surface area contributed by atoms with Crippen LogP contribution in [-0.2, 0) is 4.74 Å². The highest BCUT2D eigenvalue weighted by Crippen LogP contribution is 2.30. The van der Waals surface area contributed by atoms with Gasteiger partial charge >= 0.3 is 5.97 Å². The zero-order chi connectivity index (χ0) is 11.6. The Morgan fingerprint density at radius 2 is 2.27 bits per heavy atom. The van der Waals surface area contributed by atoms with Crippen molar-refractivity contribution in [3.05, 3.63) is 32.5 Å². The number of carbonyl (C=O) groups is 1. The van der Waals surface area contributed by atoms with Crippen molar-refractivity contribution in [3.8, 4) is 0 Å². The van der Waals surface area contributed by atoms with Gasteiger partial charge in [0.15, 0.2) is 0 Å². The van der Waals surface area contributed by atoms with E-state index < -0.39 is 11.8 Å². The molecule has 0 aliphatic carbocycles. The molecular weight excluding hydrogens is 286 g/mol. The minimum absolute atomic E-state index is 0.106. The average molecular weight is 296 g/mol. The smallest absolute Gasteiger partial charge is 0.341 e. The van der Waals surface area contributed by atoms with E-state index in [0.717, 1.165) is 0 Å². The first-order valence-electron chi connectivity index (χ1n) is 4.30. The molecule has 0 saturated heterocycles. The van der Waals surface area contributed by atoms with Gasteiger partial charge in [-0.05, 0) is 35.8 Å². The van der Waals surface area contributed by atoms with Crippen LogP contribution in [0.5, 0.6) is 0 Å². The van der Waals surface area contributed by atoms with Gasteiger partial charge < -0.3 is 4.74 Å². The Hall–Kier alpha value is -0.610. The summed E-state index contributed by atoms with van der Waals surface area (Å²) in [5.41, 5.74) is 0.125. The van der Waals surface area contributed by atoms with Crippen molar-refractivity contribution in [2.75, 3.05) is 6.61 Å². The lowest BCUT2D eigenvalue weighted by atomic mass is 10.1. The van der Waals surface area contributed by atoms with Gasteiger partial charge in [0.05, 0.1) is 17.2 Å². The van der Waals surface area contributed by atoms with Crippen molar-refractivity contribution < 1.29 is 13.9 Å². The van der Waals surface area contributed by atoms with E-state index in [-0.39, 0.29) is 22.8 Å². The number of hydrogen-bond acceptors (Lipinski definition) is 2. The van der Waals surface area contributed by atoms with E-state index in [9.17, 15) is 9.18 Å². The van der Waals surface area contributed by atoms with E-state index in [1.165, 1.54) is 13.0 Å². The number of hydrogen-bond donors (Lipinski definition) is 0. The molecule has 0 atom stereocenters. The Bertz CT molecular complexity index is 407. The summed E-state index contributed by atoms with van der Waals surface area (Å²) in [6.45, 7) is 3.37. The summed E-state index contributed by atoms with van der Waals surface area (Å²) in [4.78, 5) is 11.4. The van der Waals surface area contributed by atoms with Gasteiger partial charge in [-0.3, -0.25) is 0 Å². The topological polar surface area (TPSA) is 26.3 Å². The van der Waals surface area contributed by atoms with E-state index >= 15 is 0 Å². The highest BCUT2D eigenvalue weighted by Gasteiger charge is 2.18. The number of halogens is 3. The molecule has 0 amide bonds. The quantitative estimate of drug-likeness (QED) is 0.614. The van der Waals surface area contributed by atoms with Crippen molar-refractivity contribution in [2.24, 2.45) is 0 Å². The molecule has 0 aromatic heterocycles. The predicted molar refractivity (Wildman–Crippen MR) is 59.8 cm³/mol. The monoisotopic (exact) mass is 294 g/mol. The zero-order valence-electron chi connectivity index (χ0n) is 8.23. The second-order valence-corrected chi connectivity index (χ2v) is 4.11. The molecule has 0 radical (unpaired) electrons. The number of rotatable bonds is 2. The van der Waals surface area contributed by atoms with Crippen molar-refractivity contribution in [1.29, 1.82) is 0 Å². The second-order valence-electron chi connectivity index (χ2n) is 2.88. The van der Waals surface area contributed by atoms with Gasteiger partial charge in [0.2, 0.25) is 0 Å². The van der Waals surface area contributed by atoms with Crippen molar-refractivity contribution in [1.82, 2.24) is 0 Å². The minimum Gasteiger partial charge on any atom is -0.462 e. The van der Waals surface area contributed by atoms with Crippen molar-refractivity contribution >= 4 is 33.5 Å². The summed E-state index contributed by atoms with van der Waals surface area (Å²) in [5.74, 6) is -1.32. The molecular formula is C10H9BrClFO2. The average Bonchev–Trinajstić information content (AvgIpc) is 2.20.